The minimum atomic E-state index is -0.422. The molecule has 2 amide bonds. The molecule has 0 radical (unpaired) electrons. The van der Waals surface area contributed by atoms with Gasteiger partial charge < -0.3 is 15.5 Å². The molecule has 0 aliphatic carbocycles. The van der Waals surface area contributed by atoms with Crippen LogP contribution in [-0.4, -0.2) is 36.6 Å². The first-order valence-electron chi connectivity index (χ1n) is 6.95. The van der Waals surface area contributed by atoms with Crippen LogP contribution in [-0.2, 0) is 0 Å². The molecule has 1 fully saturated rings. The molecular weight excluding hydrogens is 264 g/mol. The number of hydrogen-bond acceptors (Lipinski definition) is 3. The molecule has 0 saturated carbocycles. The third-order valence-corrected chi connectivity index (χ3v) is 3.68. The lowest BCUT2D eigenvalue weighted by molar-refractivity contribution is 0.188. The van der Waals surface area contributed by atoms with Crippen molar-refractivity contribution in [2.24, 2.45) is 0 Å². The molecule has 0 spiro atoms. The van der Waals surface area contributed by atoms with E-state index in [9.17, 15) is 4.79 Å². The zero-order valence-electron chi connectivity index (χ0n) is 11.5. The lowest BCUT2D eigenvalue weighted by Crippen LogP contribution is -2.54. The number of piperazine rings is 1. The largest absolute Gasteiger partial charge is 0.323 e. The van der Waals surface area contributed by atoms with Gasteiger partial charge in [-0.3, -0.25) is 0 Å². The van der Waals surface area contributed by atoms with Crippen molar-refractivity contribution < 1.29 is 4.79 Å². The molecule has 1 heterocycles. The van der Waals surface area contributed by atoms with Crippen molar-refractivity contribution >= 4 is 22.5 Å². The highest BCUT2D eigenvalue weighted by Crippen LogP contribution is 2.23. The topological polar surface area (TPSA) is 68.2 Å². The van der Waals surface area contributed by atoms with Gasteiger partial charge in [-0.05, 0) is 11.5 Å². The van der Waals surface area contributed by atoms with E-state index >= 15 is 0 Å². The summed E-state index contributed by atoms with van der Waals surface area (Å²) in [6.45, 7) is 1.76. The Hall–Kier alpha value is -2.58. The quantitative estimate of drug-likeness (QED) is 0.841. The van der Waals surface area contributed by atoms with Crippen molar-refractivity contribution in [1.82, 2.24) is 10.2 Å². The summed E-state index contributed by atoms with van der Waals surface area (Å²) in [7, 11) is 0. The van der Waals surface area contributed by atoms with Crippen LogP contribution in [0.15, 0.2) is 42.5 Å². The third-order valence-electron chi connectivity index (χ3n) is 3.68. The first-order valence-corrected chi connectivity index (χ1v) is 6.95. The van der Waals surface area contributed by atoms with E-state index in [1.54, 1.807) is 4.90 Å². The highest BCUT2D eigenvalue weighted by atomic mass is 16.2. The summed E-state index contributed by atoms with van der Waals surface area (Å²) in [6, 6.07) is 15.2. The van der Waals surface area contributed by atoms with Crippen LogP contribution in [0.25, 0.3) is 10.8 Å². The van der Waals surface area contributed by atoms with E-state index < -0.39 is 6.04 Å². The maximum atomic E-state index is 12.4. The van der Waals surface area contributed by atoms with E-state index in [2.05, 4.69) is 16.7 Å². The Morgan fingerprint density at radius 2 is 2.10 bits per heavy atom. The van der Waals surface area contributed by atoms with E-state index in [1.807, 2.05) is 42.5 Å². The number of nitrogens with zero attached hydrogens (tertiary/aromatic N) is 2. The summed E-state index contributed by atoms with van der Waals surface area (Å²) in [6.07, 6.45) is 0. The van der Waals surface area contributed by atoms with Crippen LogP contribution in [0.1, 0.15) is 0 Å². The second-order valence-corrected chi connectivity index (χ2v) is 5.00. The fourth-order valence-electron chi connectivity index (χ4n) is 2.58. The number of carbonyl (C=O) groups is 1. The third kappa shape index (κ3) is 2.67. The number of benzene rings is 2. The number of urea groups is 1. The lowest BCUT2D eigenvalue weighted by Gasteiger charge is -2.32. The number of carbonyl (C=O) groups excluding carboxylic acids is 1. The minimum Gasteiger partial charge on any atom is -0.312 e. The number of hydrogen-bond donors (Lipinski definition) is 2. The van der Waals surface area contributed by atoms with Crippen molar-refractivity contribution in [1.29, 1.82) is 5.26 Å². The van der Waals surface area contributed by atoms with Gasteiger partial charge in [0.25, 0.3) is 0 Å². The molecule has 0 aromatic heterocycles. The van der Waals surface area contributed by atoms with Crippen molar-refractivity contribution in [2.45, 2.75) is 6.04 Å². The van der Waals surface area contributed by atoms with Gasteiger partial charge in [-0.1, -0.05) is 36.4 Å². The molecule has 1 aliphatic rings. The van der Waals surface area contributed by atoms with Crippen LogP contribution < -0.4 is 10.6 Å². The molecule has 0 bridgehead atoms. The molecule has 1 unspecified atom stereocenters. The van der Waals surface area contributed by atoms with Gasteiger partial charge in [0.2, 0.25) is 0 Å². The van der Waals surface area contributed by atoms with E-state index in [0.29, 0.717) is 19.6 Å². The fourth-order valence-corrected chi connectivity index (χ4v) is 2.58. The molecule has 2 N–H and O–H groups in total. The molecule has 5 nitrogen and oxygen atoms in total. The molecule has 21 heavy (non-hydrogen) atoms. The molecule has 1 atom stereocenters. The zero-order chi connectivity index (χ0) is 14.7. The van der Waals surface area contributed by atoms with E-state index in [0.717, 1.165) is 16.5 Å². The summed E-state index contributed by atoms with van der Waals surface area (Å²) in [4.78, 5) is 14.0. The Balaban J connectivity index is 1.85. The van der Waals surface area contributed by atoms with Gasteiger partial charge in [-0.2, -0.15) is 5.26 Å². The number of nitrogens with one attached hydrogen (secondary N) is 2. The fraction of sp³-hybridized carbons (Fsp3) is 0.250. The van der Waals surface area contributed by atoms with Gasteiger partial charge in [-0.25, -0.2) is 4.79 Å². The van der Waals surface area contributed by atoms with Gasteiger partial charge in [-0.15, -0.1) is 0 Å². The predicted molar refractivity (Wildman–Crippen MR) is 81.9 cm³/mol. The molecule has 106 valence electrons. The Kier molecular flexibility index (Phi) is 3.71. The van der Waals surface area contributed by atoms with E-state index in [4.69, 9.17) is 5.26 Å². The standard InChI is InChI=1S/C16H16N4O/c17-10-13-11-18-8-9-20(13)16(21)19-15-7-3-5-12-4-1-2-6-14(12)15/h1-7,13,18H,8-9,11H2,(H,19,21). The van der Waals surface area contributed by atoms with Crippen molar-refractivity contribution in [3.8, 4) is 6.07 Å². The molecule has 2 aromatic carbocycles. The summed E-state index contributed by atoms with van der Waals surface area (Å²) >= 11 is 0. The monoisotopic (exact) mass is 280 g/mol. The highest BCUT2D eigenvalue weighted by Gasteiger charge is 2.26. The second kappa shape index (κ2) is 5.81. The van der Waals surface area contributed by atoms with Crippen LogP contribution in [0.4, 0.5) is 10.5 Å². The van der Waals surface area contributed by atoms with E-state index in [-0.39, 0.29) is 6.03 Å². The molecular formula is C16H16N4O. The smallest absolute Gasteiger partial charge is 0.312 e. The molecule has 2 aromatic rings. The van der Waals surface area contributed by atoms with Gasteiger partial charge in [0.15, 0.2) is 0 Å². The van der Waals surface area contributed by atoms with Gasteiger partial charge >= 0.3 is 6.03 Å². The number of fused-ring (bicyclic) bond motifs is 1. The Bertz CT molecular complexity index is 701. The van der Waals surface area contributed by atoms with Crippen LogP contribution >= 0.6 is 0 Å². The Labute approximate surface area is 123 Å². The maximum absolute atomic E-state index is 12.4. The van der Waals surface area contributed by atoms with Crippen LogP contribution in [0.5, 0.6) is 0 Å². The molecule has 1 saturated heterocycles. The number of amides is 2. The first-order chi connectivity index (χ1) is 10.3. The normalized spacial score (nSPS) is 18.2. The average Bonchev–Trinajstić information content (AvgIpc) is 2.55. The average molecular weight is 280 g/mol. The van der Waals surface area contributed by atoms with Crippen LogP contribution in [0, 0.1) is 11.3 Å². The molecule has 1 aliphatic heterocycles. The van der Waals surface area contributed by atoms with Crippen molar-refractivity contribution in [2.75, 3.05) is 25.0 Å². The van der Waals surface area contributed by atoms with E-state index in [1.165, 1.54) is 0 Å². The maximum Gasteiger partial charge on any atom is 0.323 e. The zero-order valence-corrected chi connectivity index (χ0v) is 11.5. The summed E-state index contributed by atoms with van der Waals surface area (Å²) in [5, 5.41) is 17.3. The number of anilines is 1. The summed E-state index contributed by atoms with van der Waals surface area (Å²) in [5.41, 5.74) is 0.772. The summed E-state index contributed by atoms with van der Waals surface area (Å²) < 4.78 is 0. The van der Waals surface area contributed by atoms with Gasteiger partial charge in [0.1, 0.15) is 6.04 Å². The van der Waals surface area contributed by atoms with Crippen LogP contribution in [0.3, 0.4) is 0 Å². The first kappa shape index (κ1) is 13.4. The van der Waals surface area contributed by atoms with Crippen LogP contribution in [0.2, 0.25) is 0 Å². The molecule has 3 rings (SSSR count). The summed E-state index contributed by atoms with van der Waals surface area (Å²) in [5.74, 6) is 0. The van der Waals surface area contributed by atoms with Crippen molar-refractivity contribution in [3.05, 3.63) is 42.5 Å². The lowest BCUT2D eigenvalue weighted by atomic mass is 10.1. The highest BCUT2D eigenvalue weighted by molar-refractivity contribution is 6.01. The second-order valence-electron chi connectivity index (χ2n) is 5.00. The number of nitriles is 1. The number of rotatable bonds is 1. The Morgan fingerprint density at radius 3 is 2.95 bits per heavy atom. The predicted octanol–water partition coefficient (Wildman–Crippen LogP) is 2.17. The van der Waals surface area contributed by atoms with Gasteiger partial charge in [0.05, 0.1) is 11.8 Å². The minimum absolute atomic E-state index is 0.223. The Morgan fingerprint density at radius 1 is 1.29 bits per heavy atom. The molecule has 5 heteroatoms. The van der Waals surface area contributed by atoms with Crippen molar-refractivity contribution in [3.63, 3.8) is 0 Å². The van der Waals surface area contributed by atoms with Gasteiger partial charge in [0, 0.05) is 25.0 Å². The SMILES string of the molecule is N#CC1CNCCN1C(=O)Nc1cccc2ccccc12.